The topological polar surface area (TPSA) is 86.2 Å². The number of aryl methyl sites for hydroxylation is 1. The van der Waals surface area contributed by atoms with E-state index in [0.717, 1.165) is 66.7 Å². The maximum Gasteiger partial charge on any atom is 0.203 e. The summed E-state index contributed by atoms with van der Waals surface area (Å²) in [5.41, 5.74) is 3.76. The molecule has 0 saturated carbocycles. The average Bonchev–Trinajstić information content (AvgIpc) is 3.55. The van der Waals surface area contributed by atoms with Gasteiger partial charge in [-0.2, -0.15) is 0 Å². The molecule has 3 aromatic rings. The van der Waals surface area contributed by atoms with Crippen molar-refractivity contribution in [1.29, 1.82) is 0 Å². The van der Waals surface area contributed by atoms with Gasteiger partial charge in [0.2, 0.25) is 5.75 Å². The van der Waals surface area contributed by atoms with Gasteiger partial charge in [0, 0.05) is 23.6 Å². The highest BCUT2D eigenvalue weighted by Gasteiger charge is 2.27. The monoisotopic (exact) mass is 606 g/mol. The number of unbranched alkanes of at least 4 members (excludes halogenated alkanes) is 5. The fraction of sp³-hybridized carbons (Fsp3) is 0.457. The molecule has 9 heteroatoms. The minimum atomic E-state index is -0.277. The van der Waals surface area contributed by atoms with E-state index >= 15 is 0 Å². The fourth-order valence-electron chi connectivity index (χ4n) is 5.09. The van der Waals surface area contributed by atoms with Crippen LogP contribution < -0.4 is 33.2 Å². The number of hydrogen-bond acceptors (Lipinski definition) is 9. The van der Waals surface area contributed by atoms with E-state index < -0.39 is 0 Å². The first-order valence-corrected chi connectivity index (χ1v) is 15.0. The fourth-order valence-corrected chi connectivity index (χ4v) is 5.09. The van der Waals surface area contributed by atoms with Crippen LogP contribution >= 0.6 is 0 Å². The molecular formula is C35H44NO8. The maximum absolute atomic E-state index is 6.15. The van der Waals surface area contributed by atoms with E-state index in [1.807, 2.05) is 49.4 Å². The van der Waals surface area contributed by atoms with E-state index in [-0.39, 0.29) is 6.10 Å². The number of nitrogens with zero attached hydrogens (tertiary/aromatic N) is 1. The first-order valence-electron chi connectivity index (χ1n) is 15.0. The lowest BCUT2D eigenvalue weighted by Crippen LogP contribution is -2.05. The molecule has 237 valence electrons. The lowest BCUT2D eigenvalue weighted by atomic mass is 9.99. The highest BCUT2D eigenvalue weighted by Crippen LogP contribution is 2.42. The Bertz CT molecular complexity index is 1360. The van der Waals surface area contributed by atoms with Crippen molar-refractivity contribution in [3.05, 3.63) is 65.2 Å². The molecule has 0 saturated heterocycles. The summed E-state index contributed by atoms with van der Waals surface area (Å²) in [6.07, 6.45) is 6.81. The van der Waals surface area contributed by atoms with Gasteiger partial charge in [0.15, 0.2) is 40.6 Å². The van der Waals surface area contributed by atoms with Crippen molar-refractivity contribution < 1.29 is 38.0 Å². The van der Waals surface area contributed by atoms with E-state index in [2.05, 4.69) is 11.2 Å². The molecule has 0 aliphatic carbocycles. The Morgan fingerprint density at radius 2 is 1.34 bits per heavy atom. The van der Waals surface area contributed by atoms with Crippen LogP contribution in [0.4, 0.5) is 0 Å². The SMILES string of the molecule is COc1[c]cc(C)cc1OCCCCCCCCOc1cc(C2=NOC(c3cc(OC)c(OC)c(OC)c3)C2)ccc1OC. The number of hydrogen-bond donors (Lipinski definition) is 0. The largest absolute Gasteiger partial charge is 0.493 e. The van der Waals surface area contributed by atoms with Gasteiger partial charge in [-0.3, -0.25) is 0 Å². The van der Waals surface area contributed by atoms with Crippen molar-refractivity contribution in [3.63, 3.8) is 0 Å². The molecule has 9 nitrogen and oxygen atoms in total. The van der Waals surface area contributed by atoms with Crippen LogP contribution in [0.5, 0.6) is 40.2 Å². The molecule has 0 N–H and O–H groups in total. The summed E-state index contributed by atoms with van der Waals surface area (Å²) in [6.45, 7) is 3.31. The van der Waals surface area contributed by atoms with Gasteiger partial charge in [-0.1, -0.05) is 30.8 Å². The highest BCUT2D eigenvalue weighted by molar-refractivity contribution is 6.01. The van der Waals surface area contributed by atoms with Gasteiger partial charge in [0.25, 0.3) is 0 Å². The Balaban J connectivity index is 1.21. The normalized spacial score (nSPS) is 14.0. The van der Waals surface area contributed by atoms with Gasteiger partial charge in [0.05, 0.1) is 54.5 Å². The number of benzene rings is 3. The van der Waals surface area contributed by atoms with Gasteiger partial charge < -0.3 is 38.0 Å². The lowest BCUT2D eigenvalue weighted by molar-refractivity contribution is 0.0853. The Labute approximate surface area is 261 Å². The number of rotatable bonds is 18. The van der Waals surface area contributed by atoms with Crippen LogP contribution in [0.1, 0.15) is 67.7 Å². The summed E-state index contributed by atoms with van der Waals surface area (Å²) in [5.74, 6) is 4.50. The molecule has 3 aromatic carbocycles. The molecule has 0 spiro atoms. The second-order valence-electron chi connectivity index (χ2n) is 10.6. The maximum atomic E-state index is 6.15. The summed E-state index contributed by atoms with van der Waals surface area (Å²) in [4.78, 5) is 5.82. The third kappa shape index (κ3) is 8.42. The van der Waals surface area contributed by atoms with Crippen molar-refractivity contribution in [2.24, 2.45) is 5.16 Å². The molecule has 0 amide bonds. The zero-order valence-electron chi connectivity index (χ0n) is 26.7. The standard InChI is InChI=1S/C35H44NO8/c1-24-13-15-28(37-2)31(19-24)42-17-11-9-7-8-10-12-18-43-32-20-25(14-16-29(32)38-3)27-23-30(44-36-27)26-21-33(39-4)35(41-6)34(22-26)40-5/h13-14,16,19-22,30H,7-12,17-18,23H2,1-6H3. The summed E-state index contributed by atoms with van der Waals surface area (Å²) in [7, 11) is 8.06. The first kappa shape index (κ1) is 32.6. The van der Waals surface area contributed by atoms with Gasteiger partial charge in [-0.05, 0) is 67.8 Å². The van der Waals surface area contributed by atoms with E-state index in [9.17, 15) is 0 Å². The van der Waals surface area contributed by atoms with Crippen LogP contribution in [-0.4, -0.2) is 54.5 Å². The first-order chi connectivity index (χ1) is 21.5. The highest BCUT2D eigenvalue weighted by atomic mass is 16.6. The van der Waals surface area contributed by atoms with Crippen LogP contribution in [0.15, 0.2) is 47.6 Å². The lowest BCUT2D eigenvalue weighted by Gasteiger charge is -2.16. The Kier molecular flexibility index (Phi) is 12.3. The molecule has 1 atom stereocenters. The van der Waals surface area contributed by atoms with Crippen molar-refractivity contribution in [3.8, 4) is 40.2 Å². The minimum Gasteiger partial charge on any atom is -0.493 e. The second-order valence-corrected chi connectivity index (χ2v) is 10.6. The van der Waals surface area contributed by atoms with Crippen LogP contribution in [-0.2, 0) is 4.84 Å². The molecular weight excluding hydrogens is 562 g/mol. The van der Waals surface area contributed by atoms with Gasteiger partial charge in [-0.15, -0.1) is 0 Å². The molecule has 44 heavy (non-hydrogen) atoms. The van der Waals surface area contributed by atoms with Crippen LogP contribution in [0.3, 0.4) is 0 Å². The van der Waals surface area contributed by atoms with Gasteiger partial charge >= 0.3 is 0 Å². The summed E-state index contributed by atoms with van der Waals surface area (Å²) < 4.78 is 39.4. The number of oxime groups is 1. The van der Waals surface area contributed by atoms with Crippen molar-refractivity contribution in [2.45, 2.75) is 58.0 Å². The van der Waals surface area contributed by atoms with Crippen molar-refractivity contribution >= 4 is 5.71 Å². The van der Waals surface area contributed by atoms with E-state index in [1.54, 1.807) is 35.5 Å². The molecule has 0 fully saturated rings. The Morgan fingerprint density at radius 3 is 1.95 bits per heavy atom. The predicted octanol–water partition coefficient (Wildman–Crippen LogP) is 7.50. The zero-order chi connectivity index (χ0) is 31.3. The molecule has 0 aromatic heterocycles. The molecule has 1 unspecified atom stereocenters. The van der Waals surface area contributed by atoms with E-state index in [0.29, 0.717) is 54.1 Å². The van der Waals surface area contributed by atoms with E-state index in [1.165, 1.54) is 0 Å². The van der Waals surface area contributed by atoms with Crippen LogP contribution in [0.25, 0.3) is 0 Å². The molecule has 1 aliphatic heterocycles. The average molecular weight is 607 g/mol. The van der Waals surface area contributed by atoms with Gasteiger partial charge in [0.1, 0.15) is 0 Å². The summed E-state index contributed by atoms with van der Waals surface area (Å²) in [6, 6.07) is 16.6. The predicted molar refractivity (Wildman–Crippen MR) is 169 cm³/mol. The Hall–Kier alpha value is -4.27. The van der Waals surface area contributed by atoms with E-state index in [4.69, 9.17) is 38.0 Å². The molecule has 1 heterocycles. The smallest absolute Gasteiger partial charge is 0.203 e. The molecule has 0 bridgehead atoms. The number of ether oxygens (including phenoxy) is 7. The second kappa shape index (κ2) is 16.5. The molecule has 1 radical (unpaired) electrons. The van der Waals surface area contributed by atoms with Gasteiger partial charge in [-0.25, -0.2) is 0 Å². The third-order valence-electron chi connectivity index (χ3n) is 7.50. The third-order valence-corrected chi connectivity index (χ3v) is 7.50. The van der Waals surface area contributed by atoms with Crippen LogP contribution in [0, 0.1) is 13.0 Å². The summed E-state index contributed by atoms with van der Waals surface area (Å²) >= 11 is 0. The number of methoxy groups -OCH3 is 5. The molecule has 4 rings (SSSR count). The quantitative estimate of drug-likeness (QED) is 0.138. The summed E-state index contributed by atoms with van der Waals surface area (Å²) in [5, 5.41) is 4.39. The van der Waals surface area contributed by atoms with Crippen LogP contribution in [0.2, 0.25) is 0 Å². The zero-order valence-corrected chi connectivity index (χ0v) is 26.7. The Morgan fingerprint density at radius 1 is 0.705 bits per heavy atom. The van der Waals surface area contributed by atoms with Crippen molar-refractivity contribution in [1.82, 2.24) is 0 Å². The van der Waals surface area contributed by atoms with Crippen molar-refractivity contribution in [2.75, 3.05) is 48.8 Å². The molecule has 1 aliphatic rings. The minimum absolute atomic E-state index is 0.277.